The van der Waals surface area contributed by atoms with Gasteiger partial charge in [0.15, 0.2) is 10.7 Å². The Morgan fingerprint density at radius 2 is 1.97 bits per heavy atom. The number of rotatable bonds is 6. The van der Waals surface area contributed by atoms with Crippen LogP contribution in [0.25, 0.3) is 12.2 Å². The molecule has 1 N–H and O–H groups in total. The van der Waals surface area contributed by atoms with Gasteiger partial charge >= 0.3 is 0 Å². The number of pyridine rings is 1. The van der Waals surface area contributed by atoms with Crippen LogP contribution in [0.15, 0.2) is 58.2 Å². The van der Waals surface area contributed by atoms with Crippen LogP contribution in [0, 0.1) is 19.8 Å². The Hall–Kier alpha value is -3.30. The fraction of sp³-hybridized carbons (Fsp3) is 0.292. The molecule has 1 atom stereocenters. The van der Waals surface area contributed by atoms with Crippen LogP contribution in [0.5, 0.6) is 0 Å². The molecule has 8 nitrogen and oxygen atoms in total. The van der Waals surface area contributed by atoms with Crippen molar-refractivity contribution in [1.29, 1.82) is 0 Å². The van der Waals surface area contributed by atoms with E-state index < -0.39 is 15.9 Å². The number of carbonyl (C=O) groups is 1. The van der Waals surface area contributed by atoms with Gasteiger partial charge in [0.25, 0.3) is 0 Å². The van der Waals surface area contributed by atoms with Gasteiger partial charge in [-0.15, -0.1) is 0 Å². The van der Waals surface area contributed by atoms with E-state index in [-0.39, 0.29) is 23.1 Å². The van der Waals surface area contributed by atoms with Crippen LogP contribution in [0.3, 0.4) is 0 Å². The van der Waals surface area contributed by atoms with Crippen molar-refractivity contribution in [3.63, 3.8) is 0 Å². The lowest BCUT2D eigenvalue weighted by molar-refractivity contribution is -0.120. The quantitative estimate of drug-likeness (QED) is 0.591. The summed E-state index contributed by atoms with van der Waals surface area (Å²) in [5.74, 6) is -0.500. The average molecular weight is 467 g/mol. The molecule has 0 spiro atoms. The maximum absolute atomic E-state index is 13.5. The number of nitrogens with one attached hydrogen (secondary N) is 1. The van der Waals surface area contributed by atoms with E-state index in [4.69, 9.17) is 4.52 Å². The van der Waals surface area contributed by atoms with Gasteiger partial charge < -0.3 is 9.84 Å². The predicted octanol–water partition coefficient (Wildman–Crippen LogP) is 3.90. The first-order chi connectivity index (χ1) is 15.8. The smallest absolute Gasteiger partial charge is 0.248 e. The van der Waals surface area contributed by atoms with Gasteiger partial charge in [0.2, 0.25) is 15.9 Å². The van der Waals surface area contributed by atoms with Gasteiger partial charge in [-0.1, -0.05) is 41.1 Å². The highest BCUT2D eigenvalue weighted by molar-refractivity contribution is 7.89. The van der Waals surface area contributed by atoms with Gasteiger partial charge in [0.1, 0.15) is 5.69 Å². The summed E-state index contributed by atoms with van der Waals surface area (Å²) < 4.78 is 33.7. The summed E-state index contributed by atoms with van der Waals surface area (Å²) in [6.45, 7) is 4.04. The summed E-state index contributed by atoms with van der Waals surface area (Å²) >= 11 is 0. The number of hydrogen-bond acceptors (Lipinski definition) is 6. The first kappa shape index (κ1) is 22.9. The Balaban J connectivity index is 1.53. The Morgan fingerprint density at radius 3 is 2.70 bits per heavy atom. The van der Waals surface area contributed by atoms with Crippen molar-refractivity contribution in [2.75, 3.05) is 18.4 Å². The van der Waals surface area contributed by atoms with E-state index in [2.05, 4.69) is 15.5 Å². The summed E-state index contributed by atoms with van der Waals surface area (Å²) in [6.07, 6.45) is 7.79. The lowest BCUT2D eigenvalue weighted by atomic mass is 9.99. The van der Waals surface area contributed by atoms with Crippen LogP contribution >= 0.6 is 0 Å². The molecule has 3 aromatic rings. The number of anilines is 1. The summed E-state index contributed by atoms with van der Waals surface area (Å²) in [6, 6.07) is 11.3. The first-order valence-corrected chi connectivity index (χ1v) is 12.2. The van der Waals surface area contributed by atoms with E-state index in [1.807, 2.05) is 31.2 Å². The Bertz CT molecular complexity index is 1250. The fourth-order valence-corrected chi connectivity index (χ4v) is 5.61. The highest BCUT2D eigenvalue weighted by Gasteiger charge is 2.36. The molecule has 1 aliphatic rings. The van der Waals surface area contributed by atoms with Crippen LogP contribution in [0.1, 0.15) is 35.4 Å². The van der Waals surface area contributed by atoms with Gasteiger partial charge in [0, 0.05) is 19.3 Å². The third-order valence-electron chi connectivity index (χ3n) is 5.62. The van der Waals surface area contributed by atoms with Crippen LogP contribution in [-0.2, 0) is 14.8 Å². The molecule has 33 heavy (non-hydrogen) atoms. The molecule has 0 bridgehead atoms. The molecule has 0 saturated carbocycles. The Kier molecular flexibility index (Phi) is 6.71. The van der Waals surface area contributed by atoms with Crippen molar-refractivity contribution in [2.45, 2.75) is 31.6 Å². The molecule has 1 amide bonds. The van der Waals surface area contributed by atoms with E-state index in [1.54, 1.807) is 43.6 Å². The maximum Gasteiger partial charge on any atom is 0.248 e. The topological polar surface area (TPSA) is 105 Å². The zero-order valence-electron chi connectivity index (χ0n) is 18.6. The van der Waals surface area contributed by atoms with Crippen LogP contribution in [-0.4, -0.2) is 41.9 Å². The molecule has 3 heterocycles. The van der Waals surface area contributed by atoms with Gasteiger partial charge in [-0.05, 0) is 50.5 Å². The van der Waals surface area contributed by atoms with Crippen molar-refractivity contribution in [3.8, 4) is 0 Å². The van der Waals surface area contributed by atoms with E-state index in [9.17, 15) is 13.2 Å². The molecule has 1 aromatic carbocycles. The molecular weight excluding hydrogens is 440 g/mol. The molecule has 4 rings (SSSR count). The summed E-state index contributed by atoms with van der Waals surface area (Å²) in [5.41, 5.74) is 2.93. The molecule has 1 saturated heterocycles. The Morgan fingerprint density at radius 1 is 1.18 bits per heavy atom. The van der Waals surface area contributed by atoms with Crippen molar-refractivity contribution >= 4 is 33.8 Å². The second kappa shape index (κ2) is 9.68. The van der Waals surface area contributed by atoms with Gasteiger partial charge in [-0.25, -0.2) is 8.42 Å². The minimum absolute atomic E-state index is 0.0409. The first-order valence-electron chi connectivity index (χ1n) is 10.8. The van der Waals surface area contributed by atoms with Crippen molar-refractivity contribution in [1.82, 2.24) is 14.4 Å². The fourth-order valence-electron chi connectivity index (χ4n) is 3.83. The normalized spacial score (nSPS) is 17.3. The van der Waals surface area contributed by atoms with E-state index in [0.29, 0.717) is 30.8 Å². The number of amides is 1. The van der Waals surface area contributed by atoms with E-state index in [0.717, 1.165) is 11.1 Å². The number of carbonyl (C=O) groups excluding carboxylic acids is 1. The number of aromatic nitrogens is 2. The monoisotopic (exact) mass is 466 g/mol. The molecule has 9 heteroatoms. The van der Waals surface area contributed by atoms with E-state index >= 15 is 0 Å². The number of nitrogens with zero attached hydrogens (tertiary/aromatic N) is 3. The number of aryl methyl sites for hydroxylation is 2. The average Bonchev–Trinajstić information content (AvgIpc) is 3.20. The van der Waals surface area contributed by atoms with Gasteiger partial charge in [-0.2, -0.15) is 4.31 Å². The molecule has 2 aromatic heterocycles. The number of benzene rings is 1. The minimum atomic E-state index is -3.90. The molecule has 0 radical (unpaired) electrons. The standard InChI is InChI=1S/C24H26N4O4S/c1-17-7-9-19(10-8-17)11-12-22-23(18(2)27-32-22)33(30,31)28-14-4-5-20(16-28)24(29)26-21-6-3-13-25-15-21/h3,6-13,15,20H,4-5,14,16H2,1-2H3,(H,26,29)/b12-11+/t20-/m0/s1. The molecule has 1 aliphatic heterocycles. The summed E-state index contributed by atoms with van der Waals surface area (Å²) in [4.78, 5) is 16.8. The zero-order chi connectivity index (χ0) is 23.4. The van der Waals surface area contributed by atoms with E-state index in [1.165, 1.54) is 4.31 Å². The number of sulfonamides is 1. The molecule has 172 valence electrons. The van der Waals surface area contributed by atoms with Crippen LogP contribution in [0.2, 0.25) is 0 Å². The minimum Gasteiger partial charge on any atom is -0.355 e. The third kappa shape index (κ3) is 5.20. The highest BCUT2D eigenvalue weighted by Crippen LogP contribution is 2.29. The lowest BCUT2D eigenvalue weighted by Gasteiger charge is -2.31. The Labute approximate surface area is 193 Å². The van der Waals surface area contributed by atoms with Gasteiger partial charge in [-0.3, -0.25) is 9.78 Å². The largest absolute Gasteiger partial charge is 0.355 e. The predicted molar refractivity (Wildman–Crippen MR) is 126 cm³/mol. The van der Waals surface area contributed by atoms with Crippen molar-refractivity contribution in [3.05, 3.63) is 71.4 Å². The second-order valence-corrected chi connectivity index (χ2v) is 10.0. The van der Waals surface area contributed by atoms with Crippen molar-refractivity contribution in [2.24, 2.45) is 5.92 Å². The molecular formula is C24H26N4O4S. The van der Waals surface area contributed by atoms with Crippen LogP contribution < -0.4 is 5.32 Å². The SMILES string of the molecule is Cc1ccc(/C=C/c2onc(C)c2S(=O)(=O)N2CCC[C@H](C(=O)Nc3cccnc3)C2)cc1. The second-order valence-electron chi connectivity index (χ2n) is 8.14. The molecule has 0 unspecified atom stereocenters. The number of hydrogen-bond donors (Lipinski definition) is 1. The lowest BCUT2D eigenvalue weighted by Crippen LogP contribution is -2.43. The molecule has 1 fully saturated rings. The summed E-state index contributed by atoms with van der Waals surface area (Å²) in [5, 5.41) is 6.71. The van der Waals surface area contributed by atoms with Crippen molar-refractivity contribution < 1.29 is 17.7 Å². The zero-order valence-corrected chi connectivity index (χ0v) is 19.4. The van der Waals surface area contributed by atoms with Gasteiger partial charge in [0.05, 0.1) is 17.8 Å². The maximum atomic E-state index is 13.5. The summed E-state index contributed by atoms with van der Waals surface area (Å²) in [7, 11) is -3.90. The third-order valence-corrected chi connectivity index (χ3v) is 7.64. The highest BCUT2D eigenvalue weighted by atomic mass is 32.2. The van der Waals surface area contributed by atoms with Crippen LogP contribution in [0.4, 0.5) is 5.69 Å². The number of piperidine rings is 1. The molecule has 0 aliphatic carbocycles.